The first kappa shape index (κ1) is 18.8. The molecule has 0 bridgehead atoms. The number of cyclic esters (lactones) is 1. The number of aliphatic imine (C=N–C) groups is 1. The van der Waals surface area contributed by atoms with Crippen LogP contribution in [0.15, 0.2) is 76.0 Å². The van der Waals surface area contributed by atoms with Gasteiger partial charge in [0.1, 0.15) is 6.61 Å². The second-order valence-electron chi connectivity index (χ2n) is 6.14. The zero-order chi connectivity index (χ0) is 20.2. The molecule has 1 aromatic heterocycles. The highest BCUT2D eigenvalue weighted by Crippen LogP contribution is 2.30. The van der Waals surface area contributed by atoms with Gasteiger partial charge in [0, 0.05) is 5.02 Å². The molecule has 3 aromatic rings. The number of furan rings is 1. The molecule has 0 unspecified atom stereocenters. The van der Waals surface area contributed by atoms with Gasteiger partial charge in [-0.1, -0.05) is 29.8 Å². The molecule has 0 aliphatic carbocycles. The van der Waals surface area contributed by atoms with E-state index in [-0.39, 0.29) is 11.6 Å². The molecule has 146 valence electrons. The van der Waals surface area contributed by atoms with Gasteiger partial charge in [0.25, 0.3) is 5.90 Å². The Morgan fingerprint density at radius 1 is 1.10 bits per heavy atom. The SMILES string of the molecule is COc1cc(/C=C2\N=C(c3ccco3)OC2=O)ccc1OCc1ccc(Cl)cc1. The van der Waals surface area contributed by atoms with Crippen molar-refractivity contribution in [2.75, 3.05) is 7.11 Å². The maximum atomic E-state index is 12.1. The highest BCUT2D eigenvalue weighted by Gasteiger charge is 2.25. The lowest BCUT2D eigenvalue weighted by Crippen LogP contribution is -2.04. The van der Waals surface area contributed by atoms with Crippen LogP contribution >= 0.6 is 11.6 Å². The molecule has 0 radical (unpaired) electrons. The predicted molar refractivity (Wildman–Crippen MR) is 108 cm³/mol. The number of ether oxygens (including phenoxy) is 3. The summed E-state index contributed by atoms with van der Waals surface area (Å²) in [6.07, 6.45) is 3.10. The van der Waals surface area contributed by atoms with Crippen LogP contribution in [-0.4, -0.2) is 19.0 Å². The van der Waals surface area contributed by atoms with Crippen LogP contribution in [0, 0.1) is 0 Å². The predicted octanol–water partition coefficient (Wildman–Crippen LogP) is 4.87. The third kappa shape index (κ3) is 4.33. The summed E-state index contributed by atoms with van der Waals surface area (Å²) in [5, 5.41) is 0.673. The lowest BCUT2D eigenvalue weighted by atomic mass is 10.1. The summed E-state index contributed by atoms with van der Waals surface area (Å²) >= 11 is 5.90. The molecule has 0 spiro atoms. The summed E-state index contributed by atoms with van der Waals surface area (Å²) < 4.78 is 21.6. The van der Waals surface area contributed by atoms with E-state index in [0.717, 1.165) is 11.1 Å². The van der Waals surface area contributed by atoms with Gasteiger partial charge < -0.3 is 18.6 Å². The number of carbonyl (C=O) groups excluding carboxylic acids is 1. The fourth-order valence-electron chi connectivity index (χ4n) is 2.71. The van der Waals surface area contributed by atoms with E-state index in [1.165, 1.54) is 6.26 Å². The summed E-state index contributed by atoms with van der Waals surface area (Å²) in [5.74, 6) is 1.11. The Bertz CT molecular complexity index is 1080. The molecule has 0 fully saturated rings. The molecule has 0 saturated heterocycles. The average Bonchev–Trinajstić information content (AvgIpc) is 3.38. The number of nitrogens with zero attached hydrogens (tertiary/aromatic N) is 1. The van der Waals surface area contributed by atoms with Gasteiger partial charge in [0.15, 0.2) is 23.0 Å². The zero-order valence-corrected chi connectivity index (χ0v) is 16.2. The van der Waals surface area contributed by atoms with E-state index in [1.807, 2.05) is 24.3 Å². The van der Waals surface area contributed by atoms with Gasteiger partial charge in [-0.05, 0) is 53.6 Å². The molecular formula is C22H16ClNO5. The molecular weight excluding hydrogens is 394 g/mol. The van der Waals surface area contributed by atoms with Crippen molar-refractivity contribution in [2.24, 2.45) is 4.99 Å². The van der Waals surface area contributed by atoms with Crippen LogP contribution in [-0.2, 0) is 16.1 Å². The van der Waals surface area contributed by atoms with E-state index in [9.17, 15) is 4.79 Å². The van der Waals surface area contributed by atoms with E-state index < -0.39 is 5.97 Å². The molecule has 1 aliphatic heterocycles. The monoisotopic (exact) mass is 409 g/mol. The summed E-state index contributed by atoms with van der Waals surface area (Å²) in [4.78, 5) is 16.3. The van der Waals surface area contributed by atoms with Crippen molar-refractivity contribution < 1.29 is 23.4 Å². The topological polar surface area (TPSA) is 70.3 Å². The number of esters is 1. The first-order valence-electron chi connectivity index (χ1n) is 8.74. The highest BCUT2D eigenvalue weighted by atomic mass is 35.5. The van der Waals surface area contributed by atoms with Gasteiger partial charge in [-0.3, -0.25) is 0 Å². The summed E-state index contributed by atoms with van der Waals surface area (Å²) in [6, 6.07) is 16.1. The smallest absolute Gasteiger partial charge is 0.363 e. The molecule has 0 saturated carbocycles. The third-order valence-electron chi connectivity index (χ3n) is 4.15. The molecule has 7 heteroatoms. The van der Waals surface area contributed by atoms with Gasteiger partial charge in [-0.15, -0.1) is 0 Å². The average molecular weight is 410 g/mol. The van der Waals surface area contributed by atoms with E-state index in [1.54, 1.807) is 43.5 Å². The van der Waals surface area contributed by atoms with Crippen molar-refractivity contribution in [2.45, 2.75) is 6.61 Å². The Labute approximate surface area is 172 Å². The summed E-state index contributed by atoms with van der Waals surface area (Å²) in [7, 11) is 1.55. The van der Waals surface area contributed by atoms with E-state index in [0.29, 0.717) is 28.9 Å². The van der Waals surface area contributed by atoms with Crippen molar-refractivity contribution >= 4 is 29.5 Å². The largest absolute Gasteiger partial charge is 0.493 e. The molecule has 2 heterocycles. The minimum Gasteiger partial charge on any atom is -0.493 e. The zero-order valence-electron chi connectivity index (χ0n) is 15.4. The number of hydrogen-bond acceptors (Lipinski definition) is 6. The van der Waals surface area contributed by atoms with Gasteiger partial charge in [-0.25, -0.2) is 9.79 Å². The number of methoxy groups -OCH3 is 1. The van der Waals surface area contributed by atoms with Gasteiger partial charge in [0.05, 0.1) is 13.4 Å². The van der Waals surface area contributed by atoms with Crippen molar-refractivity contribution in [3.05, 3.63) is 88.5 Å². The standard InChI is InChI=1S/C22H16ClNO5/c1-26-20-12-15(6-9-18(20)28-13-14-4-7-16(23)8-5-14)11-17-22(25)29-21(24-17)19-3-2-10-27-19/h2-12H,13H2,1H3/b17-11-. The normalized spacial score (nSPS) is 14.6. The van der Waals surface area contributed by atoms with Gasteiger partial charge >= 0.3 is 5.97 Å². The quantitative estimate of drug-likeness (QED) is 0.429. The Morgan fingerprint density at radius 3 is 2.66 bits per heavy atom. The van der Waals surface area contributed by atoms with Crippen LogP contribution in [0.3, 0.4) is 0 Å². The number of halogens is 1. The number of carbonyl (C=O) groups is 1. The van der Waals surface area contributed by atoms with Crippen molar-refractivity contribution in [1.29, 1.82) is 0 Å². The van der Waals surface area contributed by atoms with Crippen molar-refractivity contribution in [3.63, 3.8) is 0 Å². The Hall–Kier alpha value is -3.51. The van der Waals surface area contributed by atoms with Crippen LogP contribution in [0.4, 0.5) is 0 Å². The first-order valence-corrected chi connectivity index (χ1v) is 9.12. The third-order valence-corrected chi connectivity index (χ3v) is 4.40. The molecule has 6 nitrogen and oxygen atoms in total. The van der Waals surface area contributed by atoms with Crippen LogP contribution in [0.1, 0.15) is 16.9 Å². The lowest BCUT2D eigenvalue weighted by Gasteiger charge is -2.11. The first-order chi connectivity index (χ1) is 14.1. The second kappa shape index (κ2) is 8.24. The minimum atomic E-state index is -0.543. The number of benzene rings is 2. The Balaban J connectivity index is 1.52. The molecule has 0 N–H and O–H groups in total. The van der Waals surface area contributed by atoms with Crippen LogP contribution in [0.25, 0.3) is 6.08 Å². The number of rotatable bonds is 6. The van der Waals surface area contributed by atoms with Gasteiger partial charge in [0.2, 0.25) is 0 Å². The fourth-order valence-corrected chi connectivity index (χ4v) is 2.83. The maximum absolute atomic E-state index is 12.1. The molecule has 1 aliphatic rings. The van der Waals surface area contributed by atoms with Crippen molar-refractivity contribution in [1.82, 2.24) is 0 Å². The van der Waals surface area contributed by atoms with E-state index in [4.69, 9.17) is 30.2 Å². The summed E-state index contributed by atoms with van der Waals surface area (Å²) in [5.41, 5.74) is 1.88. The fraction of sp³-hybridized carbons (Fsp3) is 0.0909. The molecule has 4 rings (SSSR count). The lowest BCUT2D eigenvalue weighted by molar-refractivity contribution is -0.130. The maximum Gasteiger partial charge on any atom is 0.363 e. The number of hydrogen-bond donors (Lipinski definition) is 0. The Kier molecular flexibility index (Phi) is 5.35. The van der Waals surface area contributed by atoms with Crippen LogP contribution < -0.4 is 9.47 Å². The Morgan fingerprint density at radius 2 is 1.93 bits per heavy atom. The van der Waals surface area contributed by atoms with E-state index >= 15 is 0 Å². The van der Waals surface area contributed by atoms with Crippen molar-refractivity contribution in [3.8, 4) is 11.5 Å². The second-order valence-corrected chi connectivity index (χ2v) is 6.58. The van der Waals surface area contributed by atoms with E-state index in [2.05, 4.69) is 4.99 Å². The molecule has 2 aromatic carbocycles. The van der Waals surface area contributed by atoms with Gasteiger partial charge in [-0.2, -0.15) is 0 Å². The molecule has 0 atom stereocenters. The summed E-state index contributed by atoms with van der Waals surface area (Å²) in [6.45, 7) is 0.372. The van der Waals surface area contributed by atoms with Crippen LogP contribution in [0.5, 0.6) is 11.5 Å². The van der Waals surface area contributed by atoms with Crippen LogP contribution in [0.2, 0.25) is 5.02 Å². The molecule has 29 heavy (non-hydrogen) atoms. The minimum absolute atomic E-state index is 0.140. The molecule has 0 amide bonds. The highest BCUT2D eigenvalue weighted by molar-refractivity contribution is 6.30.